The molecule has 1 saturated heterocycles. The Morgan fingerprint density at radius 2 is 2.41 bits per heavy atom. The molecule has 0 aromatic heterocycles. The Morgan fingerprint density at radius 1 is 1.59 bits per heavy atom. The zero-order valence-electron chi connectivity index (χ0n) is 9.29. The number of nitrogens with one attached hydrogen (secondary N) is 1. The molecule has 90 valence electrons. The normalized spacial score (nSPS) is 21.1. The third-order valence-corrected chi connectivity index (χ3v) is 3.12. The molecule has 1 aromatic carbocycles. The van der Waals surface area contributed by atoms with Crippen molar-refractivity contribution < 1.29 is 4.39 Å². The first-order valence-corrected chi connectivity index (χ1v) is 5.87. The number of nitrogens with zero attached hydrogens (tertiary/aromatic N) is 2. The van der Waals surface area contributed by atoms with Gasteiger partial charge in [0.25, 0.3) is 0 Å². The van der Waals surface area contributed by atoms with Crippen molar-refractivity contribution in [3.05, 3.63) is 34.6 Å². The van der Waals surface area contributed by atoms with E-state index in [0.717, 1.165) is 13.1 Å². The van der Waals surface area contributed by atoms with E-state index in [-0.39, 0.29) is 11.9 Å². The molecular weight excluding hydrogens is 241 g/mol. The zero-order chi connectivity index (χ0) is 12.3. The van der Waals surface area contributed by atoms with Crippen LogP contribution in [-0.2, 0) is 6.54 Å². The monoisotopic (exact) mass is 253 g/mol. The Hall–Kier alpha value is -1.15. The van der Waals surface area contributed by atoms with Crippen molar-refractivity contribution in [2.24, 2.45) is 0 Å². The van der Waals surface area contributed by atoms with E-state index >= 15 is 0 Å². The number of benzene rings is 1. The molecule has 0 saturated carbocycles. The van der Waals surface area contributed by atoms with E-state index in [1.807, 2.05) is 4.90 Å². The lowest BCUT2D eigenvalue weighted by Crippen LogP contribution is -2.50. The summed E-state index contributed by atoms with van der Waals surface area (Å²) in [4.78, 5) is 1.96. The number of halogens is 2. The molecule has 0 radical (unpaired) electrons. The summed E-state index contributed by atoms with van der Waals surface area (Å²) in [5.74, 6) is -0.273. The van der Waals surface area contributed by atoms with Crippen LogP contribution in [0.4, 0.5) is 4.39 Å². The van der Waals surface area contributed by atoms with Crippen LogP contribution in [0.2, 0.25) is 5.02 Å². The van der Waals surface area contributed by atoms with Crippen LogP contribution in [0.1, 0.15) is 5.56 Å². The fourth-order valence-electron chi connectivity index (χ4n) is 1.95. The van der Waals surface area contributed by atoms with Crippen molar-refractivity contribution in [1.29, 1.82) is 5.26 Å². The highest BCUT2D eigenvalue weighted by atomic mass is 35.5. The largest absolute Gasteiger partial charge is 0.313 e. The molecule has 1 fully saturated rings. The van der Waals surface area contributed by atoms with Gasteiger partial charge in [0.2, 0.25) is 0 Å². The standard InChI is InChI=1S/C12H13ClFN3/c13-10-1-2-12(14)9(5-10)8-17-4-3-16-7-11(17)6-15/h1-2,5,11,16H,3-4,7-8H2. The first kappa shape index (κ1) is 12.3. The first-order chi connectivity index (χ1) is 8.20. The minimum absolute atomic E-state index is 0.206. The Bertz CT molecular complexity index is 444. The van der Waals surface area contributed by atoms with Gasteiger partial charge in [-0.1, -0.05) is 11.6 Å². The molecule has 1 aromatic rings. The third kappa shape index (κ3) is 2.95. The molecule has 1 atom stereocenters. The highest BCUT2D eigenvalue weighted by molar-refractivity contribution is 6.30. The zero-order valence-corrected chi connectivity index (χ0v) is 10.0. The maximum Gasteiger partial charge on any atom is 0.127 e. The lowest BCUT2D eigenvalue weighted by atomic mass is 10.1. The fraction of sp³-hybridized carbons (Fsp3) is 0.417. The predicted octanol–water partition coefficient (Wildman–Crippen LogP) is 1.78. The number of nitriles is 1. The average Bonchev–Trinajstić information content (AvgIpc) is 2.34. The molecule has 1 heterocycles. The SMILES string of the molecule is N#CC1CNCCN1Cc1cc(Cl)ccc1F. The minimum Gasteiger partial charge on any atom is -0.313 e. The summed E-state index contributed by atoms with van der Waals surface area (Å²) < 4.78 is 13.6. The van der Waals surface area contributed by atoms with Gasteiger partial charge < -0.3 is 5.32 Å². The lowest BCUT2D eigenvalue weighted by Gasteiger charge is -2.31. The van der Waals surface area contributed by atoms with E-state index < -0.39 is 0 Å². The number of piperazine rings is 1. The van der Waals surface area contributed by atoms with E-state index in [4.69, 9.17) is 16.9 Å². The second-order valence-corrected chi connectivity index (χ2v) is 4.49. The van der Waals surface area contributed by atoms with Crippen molar-refractivity contribution in [3.8, 4) is 6.07 Å². The topological polar surface area (TPSA) is 39.1 Å². The van der Waals surface area contributed by atoms with Gasteiger partial charge in [0.15, 0.2) is 0 Å². The van der Waals surface area contributed by atoms with Crippen molar-refractivity contribution >= 4 is 11.6 Å². The Kier molecular flexibility index (Phi) is 3.95. The van der Waals surface area contributed by atoms with Gasteiger partial charge >= 0.3 is 0 Å². The van der Waals surface area contributed by atoms with Crippen molar-refractivity contribution in [1.82, 2.24) is 10.2 Å². The van der Waals surface area contributed by atoms with Crippen molar-refractivity contribution in [2.45, 2.75) is 12.6 Å². The summed E-state index contributed by atoms with van der Waals surface area (Å²) in [6.45, 7) is 2.61. The molecule has 17 heavy (non-hydrogen) atoms. The van der Waals surface area contributed by atoms with Crippen LogP contribution in [0.25, 0.3) is 0 Å². The molecule has 5 heteroatoms. The summed E-state index contributed by atoms with van der Waals surface area (Å²) in [5, 5.41) is 12.7. The fourth-order valence-corrected chi connectivity index (χ4v) is 2.14. The van der Waals surface area contributed by atoms with Crippen molar-refractivity contribution in [3.63, 3.8) is 0 Å². The minimum atomic E-state index is -0.273. The Balaban J connectivity index is 2.14. The van der Waals surface area contributed by atoms with E-state index in [0.29, 0.717) is 23.7 Å². The van der Waals surface area contributed by atoms with Crippen LogP contribution in [0.3, 0.4) is 0 Å². The molecule has 0 amide bonds. The molecule has 0 spiro atoms. The molecule has 1 aliphatic heterocycles. The van der Waals surface area contributed by atoms with Crippen molar-refractivity contribution in [2.75, 3.05) is 19.6 Å². The molecule has 1 N–H and O–H groups in total. The Morgan fingerprint density at radius 3 is 3.18 bits per heavy atom. The molecule has 0 aliphatic carbocycles. The number of hydrogen-bond donors (Lipinski definition) is 1. The summed E-state index contributed by atoms with van der Waals surface area (Å²) in [6, 6.07) is 6.52. The Labute approximate surface area is 105 Å². The van der Waals surface area contributed by atoms with Gasteiger partial charge in [-0.25, -0.2) is 4.39 Å². The predicted molar refractivity (Wildman–Crippen MR) is 64.1 cm³/mol. The first-order valence-electron chi connectivity index (χ1n) is 5.49. The van der Waals surface area contributed by atoms with Gasteiger partial charge in [0.05, 0.1) is 6.07 Å². The maximum atomic E-state index is 13.6. The van der Waals surface area contributed by atoms with Crippen LogP contribution in [0.15, 0.2) is 18.2 Å². The molecule has 1 unspecified atom stereocenters. The van der Waals surface area contributed by atoms with Gasteiger partial charge in [-0.3, -0.25) is 4.90 Å². The number of hydrogen-bond acceptors (Lipinski definition) is 3. The van der Waals surface area contributed by atoms with Gasteiger partial charge in [-0.15, -0.1) is 0 Å². The summed E-state index contributed by atoms with van der Waals surface area (Å²) in [7, 11) is 0. The number of rotatable bonds is 2. The molecular formula is C12H13ClFN3. The third-order valence-electron chi connectivity index (χ3n) is 2.88. The van der Waals surface area contributed by atoms with E-state index in [1.165, 1.54) is 12.1 Å². The van der Waals surface area contributed by atoms with E-state index in [1.54, 1.807) is 6.07 Å². The van der Waals surface area contributed by atoms with E-state index in [2.05, 4.69) is 11.4 Å². The van der Waals surface area contributed by atoms with Crippen LogP contribution in [0.5, 0.6) is 0 Å². The van der Waals surface area contributed by atoms with Gasteiger partial charge in [-0.05, 0) is 18.2 Å². The molecule has 0 bridgehead atoms. The highest BCUT2D eigenvalue weighted by Crippen LogP contribution is 2.18. The molecule has 1 aliphatic rings. The lowest BCUT2D eigenvalue weighted by molar-refractivity contribution is 0.187. The summed E-state index contributed by atoms with van der Waals surface area (Å²) >= 11 is 5.84. The van der Waals surface area contributed by atoms with Gasteiger partial charge in [0.1, 0.15) is 11.9 Å². The maximum absolute atomic E-state index is 13.6. The van der Waals surface area contributed by atoms with Gasteiger partial charge in [-0.2, -0.15) is 5.26 Å². The van der Waals surface area contributed by atoms with Gasteiger partial charge in [0, 0.05) is 36.8 Å². The molecule has 3 nitrogen and oxygen atoms in total. The summed E-state index contributed by atoms with van der Waals surface area (Å²) in [6.07, 6.45) is 0. The second kappa shape index (κ2) is 5.46. The van der Waals surface area contributed by atoms with E-state index in [9.17, 15) is 4.39 Å². The smallest absolute Gasteiger partial charge is 0.127 e. The summed E-state index contributed by atoms with van der Waals surface area (Å²) in [5.41, 5.74) is 0.541. The quantitative estimate of drug-likeness (QED) is 0.873. The highest BCUT2D eigenvalue weighted by Gasteiger charge is 2.22. The van der Waals surface area contributed by atoms with Crippen LogP contribution < -0.4 is 5.32 Å². The average molecular weight is 254 g/mol. The van der Waals surface area contributed by atoms with Crippen LogP contribution in [0, 0.1) is 17.1 Å². The van der Waals surface area contributed by atoms with Crippen LogP contribution in [-0.4, -0.2) is 30.6 Å². The second-order valence-electron chi connectivity index (χ2n) is 4.06. The van der Waals surface area contributed by atoms with Crippen LogP contribution >= 0.6 is 11.6 Å². The molecule has 2 rings (SSSR count).